The zero-order chi connectivity index (χ0) is 15.6. The Kier molecular flexibility index (Phi) is 5.58. The van der Waals surface area contributed by atoms with Crippen LogP contribution in [0.3, 0.4) is 0 Å². The van der Waals surface area contributed by atoms with Gasteiger partial charge in [-0.15, -0.1) is 11.3 Å². The van der Waals surface area contributed by atoms with Gasteiger partial charge in [-0.1, -0.05) is 34.1 Å². The Bertz CT molecular complexity index is 472. The molecule has 1 aromatic heterocycles. The molecule has 0 atom stereocenters. The first-order valence-corrected chi connectivity index (χ1v) is 10.8. The molecule has 0 fully saturated rings. The van der Waals surface area contributed by atoms with Crippen molar-refractivity contribution in [1.82, 2.24) is 0 Å². The molecule has 0 amide bonds. The van der Waals surface area contributed by atoms with E-state index in [0.29, 0.717) is 11.5 Å². The first kappa shape index (κ1) is 17.4. The van der Waals surface area contributed by atoms with Gasteiger partial charge in [0.15, 0.2) is 8.32 Å². The Hall–Kier alpha value is -0.653. The van der Waals surface area contributed by atoms with Crippen LogP contribution >= 0.6 is 11.3 Å². The van der Waals surface area contributed by atoms with Crippen LogP contribution in [0.5, 0.6) is 0 Å². The summed E-state index contributed by atoms with van der Waals surface area (Å²) in [6.07, 6.45) is 1.93. The number of carbonyl (C=O) groups is 1. The minimum absolute atomic E-state index is 0.171. The molecule has 0 unspecified atom stereocenters. The standard InChI is InChI=1S/C15H26O3SSi/c1-7-8-11-9-12(14(16)17)19-13(11)10-18-20(5,6)15(2,3)4/h9H,7-8,10H2,1-6H3,(H,16,17). The van der Waals surface area contributed by atoms with Gasteiger partial charge in [0.1, 0.15) is 4.88 Å². The van der Waals surface area contributed by atoms with E-state index in [1.807, 2.05) is 0 Å². The Morgan fingerprint density at radius 1 is 1.40 bits per heavy atom. The van der Waals surface area contributed by atoms with E-state index in [0.717, 1.165) is 23.3 Å². The zero-order valence-corrected chi connectivity index (χ0v) is 15.2. The van der Waals surface area contributed by atoms with Crippen LogP contribution in [0.25, 0.3) is 0 Å². The molecule has 1 aromatic rings. The number of carboxylic acids is 1. The van der Waals surface area contributed by atoms with Crippen LogP contribution in [-0.4, -0.2) is 19.4 Å². The third-order valence-corrected chi connectivity index (χ3v) is 9.61. The molecule has 1 N–H and O–H groups in total. The number of aryl methyl sites for hydroxylation is 1. The van der Waals surface area contributed by atoms with Crippen LogP contribution < -0.4 is 0 Å². The second-order valence-electron chi connectivity index (χ2n) is 6.66. The molecule has 114 valence electrons. The number of aromatic carboxylic acids is 1. The molecule has 0 aliphatic carbocycles. The molecular formula is C15H26O3SSi. The van der Waals surface area contributed by atoms with Crippen LogP contribution in [0.1, 0.15) is 54.2 Å². The molecule has 0 aliphatic rings. The Labute approximate surface area is 127 Å². The van der Waals surface area contributed by atoms with Crippen LogP contribution in [0.4, 0.5) is 0 Å². The van der Waals surface area contributed by atoms with Crippen LogP contribution in [-0.2, 0) is 17.5 Å². The summed E-state index contributed by atoms with van der Waals surface area (Å²) in [6, 6.07) is 1.81. The molecular weight excluding hydrogens is 288 g/mol. The minimum Gasteiger partial charge on any atom is -0.477 e. The summed E-state index contributed by atoms with van der Waals surface area (Å²) < 4.78 is 6.22. The molecule has 0 saturated carbocycles. The van der Waals surface area contributed by atoms with Gasteiger partial charge in [-0.05, 0) is 36.2 Å². The average molecular weight is 315 g/mol. The van der Waals surface area contributed by atoms with Crippen molar-refractivity contribution < 1.29 is 14.3 Å². The van der Waals surface area contributed by atoms with E-state index in [1.54, 1.807) is 6.07 Å². The fourth-order valence-corrected chi connectivity index (χ4v) is 3.64. The quantitative estimate of drug-likeness (QED) is 0.758. The fraction of sp³-hybridized carbons (Fsp3) is 0.667. The van der Waals surface area contributed by atoms with Crippen molar-refractivity contribution in [2.24, 2.45) is 0 Å². The maximum atomic E-state index is 11.1. The minimum atomic E-state index is -1.79. The molecule has 1 heterocycles. The summed E-state index contributed by atoms with van der Waals surface area (Å²) >= 11 is 1.36. The van der Waals surface area contributed by atoms with E-state index >= 15 is 0 Å². The molecule has 0 aliphatic heterocycles. The summed E-state index contributed by atoms with van der Waals surface area (Å²) in [4.78, 5) is 12.6. The topological polar surface area (TPSA) is 46.5 Å². The van der Waals surface area contributed by atoms with E-state index in [4.69, 9.17) is 9.53 Å². The molecule has 1 rings (SSSR count). The van der Waals surface area contributed by atoms with Crippen molar-refractivity contribution in [3.05, 3.63) is 21.4 Å². The third kappa shape index (κ3) is 4.17. The van der Waals surface area contributed by atoms with Crippen LogP contribution in [0.15, 0.2) is 6.07 Å². The summed E-state index contributed by atoms with van der Waals surface area (Å²) in [7, 11) is -1.79. The monoisotopic (exact) mass is 314 g/mol. The lowest BCUT2D eigenvalue weighted by atomic mass is 10.1. The van der Waals surface area contributed by atoms with Gasteiger partial charge in [0, 0.05) is 4.88 Å². The van der Waals surface area contributed by atoms with E-state index in [1.165, 1.54) is 11.3 Å². The molecule has 0 spiro atoms. The predicted octanol–water partition coefficient (Wildman–Crippen LogP) is 4.92. The lowest BCUT2D eigenvalue weighted by Gasteiger charge is -2.36. The number of carboxylic acid groups (broad SMARTS) is 1. The van der Waals surface area contributed by atoms with Crippen molar-refractivity contribution in [2.45, 2.75) is 65.3 Å². The summed E-state index contributed by atoms with van der Waals surface area (Å²) in [6.45, 7) is 13.7. The highest BCUT2D eigenvalue weighted by Crippen LogP contribution is 2.38. The highest BCUT2D eigenvalue weighted by molar-refractivity contribution is 7.14. The summed E-state index contributed by atoms with van der Waals surface area (Å²) in [5.74, 6) is -0.842. The van der Waals surface area contributed by atoms with Crippen molar-refractivity contribution in [1.29, 1.82) is 0 Å². The maximum Gasteiger partial charge on any atom is 0.345 e. The van der Waals surface area contributed by atoms with Crippen molar-refractivity contribution in [3.63, 3.8) is 0 Å². The second kappa shape index (κ2) is 6.41. The molecule has 0 radical (unpaired) electrons. The van der Waals surface area contributed by atoms with Gasteiger partial charge in [0.25, 0.3) is 0 Å². The van der Waals surface area contributed by atoms with Crippen molar-refractivity contribution >= 4 is 25.6 Å². The van der Waals surface area contributed by atoms with Gasteiger partial charge in [0.2, 0.25) is 0 Å². The molecule has 20 heavy (non-hydrogen) atoms. The normalized spacial score (nSPS) is 12.7. The third-order valence-electron chi connectivity index (χ3n) is 4.00. The zero-order valence-electron chi connectivity index (χ0n) is 13.4. The van der Waals surface area contributed by atoms with Crippen LogP contribution in [0, 0.1) is 0 Å². The van der Waals surface area contributed by atoms with Crippen molar-refractivity contribution in [3.8, 4) is 0 Å². The summed E-state index contributed by atoms with van der Waals surface area (Å²) in [5.41, 5.74) is 1.13. The molecule has 3 nitrogen and oxygen atoms in total. The number of hydrogen-bond acceptors (Lipinski definition) is 3. The maximum absolute atomic E-state index is 11.1. The van der Waals surface area contributed by atoms with Gasteiger partial charge in [0.05, 0.1) is 6.61 Å². The average Bonchev–Trinajstić information content (AvgIpc) is 2.69. The lowest BCUT2D eigenvalue weighted by molar-refractivity contribution is 0.0702. The SMILES string of the molecule is CCCc1cc(C(=O)O)sc1CO[Si](C)(C)C(C)(C)C. The second-order valence-corrected chi connectivity index (χ2v) is 12.6. The highest BCUT2D eigenvalue weighted by Gasteiger charge is 2.37. The fourth-order valence-electron chi connectivity index (χ4n) is 1.64. The molecule has 0 saturated heterocycles. The first-order valence-electron chi connectivity index (χ1n) is 7.07. The predicted molar refractivity (Wildman–Crippen MR) is 87.3 cm³/mol. The van der Waals surface area contributed by atoms with Gasteiger partial charge in [-0.2, -0.15) is 0 Å². The summed E-state index contributed by atoms with van der Waals surface area (Å²) in [5, 5.41) is 9.30. The van der Waals surface area contributed by atoms with E-state index in [-0.39, 0.29) is 5.04 Å². The number of rotatable bonds is 6. The smallest absolute Gasteiger partial charge is 0.345 e. The van der Waals surface area contributed by atoms with E-state index < -0.39 is 14.3 Å². The van der Waals surface area contributed by atoms with Gasteiger partial charge < -0.3 is 9.53 Å². The lowest BCUT2D eigenvalue weighted by Crippen LogP contribution is -2.40. The van der Waals surface area contributed by atoms with Gasteiger partial charge in [-0.3, -0.25) is 0 Å². The Morgan fingerprint density at radius 2 is 2.00 bits per heavy atom. The molecule has 5 heteroatoms. The van der Waals surface area contributed by atoms with Crippen molar-refractivity contribution in [2.75, 3.05) is 0 Å². The van der Waals surface area contributed by atoms with E-state index in [9.17, 15) is 4.79 Å². The highest BCUT2D eigenvalue weighted by atomic mass is 32.1. The van der Waals surface area contributed by atoms with Crippen LogP contribution in [0.2, 0.25) is 18.1 Å². The molecule has 0 aromatic carbocycles. The number of thiophene rings is 1. The first-order chi connectivity index (χ1) is 9.08. The largest absolute Gasteiger partial charge is 0.477 e. The van der Waals surface area contributed by atoms with Gasteiger partial charge >= 0.3 is 5.97 Å². The van der Waals surface area contributed by atoms with Gasteiger partial charge in [-0.25, -0.2) is 4.79 Å². The number of hydrogen-bond donors (Lipinski definition) is 1. The van der Waals surface area contributed by atoms with E-state index in [2.05, 4.69) is 40.8 Å². The molecule has 0 bridgehead atoms. The Balaban J connectivity index is 2.89. The Morgan fingerprint density at radius 3 is 2.45 bits per heavy atom.